The molecule has 13 rings (SSSR count). The predicted octanol–water partition coefficient (Wildman–Crippen LogP) is 13.4. The summed E-state index contributed by atoms with van der Waals surface area (Å²) in [6.45, 7) is 0. The van der Waals surface area contributed by atoms with Crippen LogP contribution in [0.15, 0.2) is 212 Å². The maximum atomic E-state index is 5.38. The molecule has 0 bridgehead atoms. The minimum Gasteiger partial charge on any atom is -0.299 e. The fraction of sp³-hybridized carbons (Fsp3) is 0.0175. The number of hydrogen-bond donors (Lipinski definition) is 0. The van der Waals surface area contributed by atoms with Crippen molar-refractivity contribution in [1.29, 1.82) is 0 Å². The molecule has 0 N–H and O–H groups in total. The summed E-state index contributed by atoms with van der Waals surface area (Å²) in [5.74, 6) is 1.85. The number of hydrogen-bond acceptors (Lipinski definition) is 4. The van der Waals surface area contributed by atoms with Crippen LogP contribution in [-0.4, -0.2) is 24.3 Å². The van der Waals surface area contributed by atoms with E-state index in [9.17, 15) is 0 Å². The van der Waals surface area contributed by atoms with E-state index in [-0.39, 0.29) is 0 Å². The summed E-state index contributed by atoms with van der Waals surface area (Å²) in [5, 5.41) is 2.22. The zero-order valence-electron chi connectivity index (χ0n) is 33.4. The first-order valence-corrected chi connectivity index (χ1v) is 21.1. The molecule has 0 saturated heterocycles. The normalized spacial score (nSPS) is 13.0. The van der Waals surface area contributed by atoms with Gasteiger partial charge in [0, 0.05) is 34.0 Å². The molecule has 288 valence electrons. The maximum Gasteiger partial charge on any atom is 0.164 e. The van der Waals surface area contributed by atoms with Crippen LogP contribution in [0.1, 0.15) is 22.3 Å². The number of pyridine rings is 1. The summed E-state index contributed by atoms with van der Waals surface area (Å²) in [6.07, 6.45) is 2.08. The van der Waals surface area contributed by atoms with Crippen LogP contribution in [0.5, 0.6) is 0 Å². The van der Waals surface area contributed by atoms with Crippen molar-refractivity contribution in [2.24, 2.45) is 0 Å². The molecule has 5 heteroatoms. The highest BCUT2D eigenvalue weighted by Crippen LogP contribution is 2.63. The molecule has 3 heterocycles. The summed E-state index contributed by atoms with van der Waals surface area (Å²) in [4.78, 5) is 21.2. The minimum atomic E-state index is -0.484. The topological polar surface area (TPSA) is 56.0 Å². The van der Waals surface area contributed by atoms with Gasteiger partial charge in [0.2, 0.25) is 0 Å². The average molecular weight is 790 g/mol. The molecule has 2 aliphatic rings. The Labute approximate surface area is 358 Å². The van der Waals surface area contributed by atoms with Crippen LogP contribution < -0.4 is 0 Å². The van der Waals surface area contributed by atoms with E-state index in [2.05, 4.69) is 199 Å². The van der Waals surface area contributed by atoms with Crippen molar-refractivity contribution < 1.29 is 0 Å². The van der Waals surface area contributed by atoms with Crippen molar-refractivity contribution in [1.82, 2.24) is 24.3 Å². The number of imidazole rings is 1. The number of benzene rings is 8. The fourth-order valence-corrected chi connectivity index (χ4v) is 10.3. The summed E-state index contributed by atoms with van der Waals surface area (Å²) in [7, 11) is 0. The lowest BCUT2D eigenvalue weighted by atomic mass is 9.70. The smallest absolute Gasteiger partial charge is 0.164 e. The third-order valence-electron chi connectivity index (χ3n) is 12.9. The first kappa shape index (κ1) is 34.6. The van der Waals surface area contributed by atoms with Crippen molar-refractivity contribution in [3.63, 3.8) is 0 Å². The van der Waals surface area contributed by atoms with Crippen LogP contribution in [0, 0.1) is 0 Å². The molecule has 62 heavy (non-hydrogen) atoms. The second-order valence-corrected chi connectivity index (χ2v) is 16.2. The van der Waals surface area contributed by atoms with Gasteiger partial charge in [-0.2, -0.15) is 0 Å². The van der Waals surface area contributed by atoms with Crippen LogP contribution in [0.3, 0.4) is 0 Å². The molecule has 5 nitrogen and oxygen atoms in total. The average Bonchev–Trinajstić information content (AvgIpc) is 3.98. The van der Waals surface area contributed by atoms with Crippen LogP contribution in [-0.2, 0) is 5.41 Å². The van der Waals surface area contributed by atoms with Crippen LogP contribution in [0.25, 0.3) is 95.4 Å². The highest BCUT2D eigenvalue weighted by molar-refractivity contribution is 5.97. The first-order chi connectivity index (χ1) is 30.7. The Morgan fingerprint density at radius 1 is 0.339 bits per heavy atom. The van der Waals surface area contributed by atoms with Gasteiger partial charge in [-0.3, -0.25) is 4.40 Å². The van der Waals surface area contributed by atoms with E-state index in [1.807, 2.05) is 18.2 Å². The fourth-order valence-electron chi connectivity index (χ4n) is 10.3. The molecule has 0 amide bonds. The van der Waals surface area contributed by atoms with Gasteiger partial charge in [-0.15, -0.1) is 0 Å². The third kappa shape index (κ3) is 4.96. The standard InChI is InChI=1S/C57H35N5/c1-2-17-37(18-3-1)52-53(62-33-13-12-30-51(62)58-52)38-20-14-21-39(34-38)54-59-55(61-56(60-54)46-26-15-19-36-16-4-5-22-41(36)46)40-31-32-45-44-25-8-11-29-49(44)57(50(45)35-40)47-27-9-6-23-42(47)43-24-7-10-28-48(43)57/h1-35H. The lowest BCUT2D eigenvalue weighted by molar-refractivity contribution is 0.794. The van der Waals surface area contributed by atoms with Gasteiger partial charge < -0.3 is 0 Å². The first-order valence-electron chi connectivity index (χ1n) is 21.1. The molecular formula is C57H35N5. The zero-order chi connectivity index (χ0) is 40.8. The minimum absolute atomic E-state index is 0.484. The van der Waals surface area contributed by atoms with Gasteiger partial charge in [0.05, 0.1) is 16.8 Å². The van der Waals surface area contributed by atoms with E-state index in [0.29, 0.717) is 17.5 Å². The van der Waals surface area contributed by atoms with Crippen molar-refractivity contribution in [3.8, 4) is 78.9 Å². The Balaban J connectivity index is 1.04. The Bertz CT molecular complexity index is 3530. The Kier molecular flexibility index (Phi) is 7.45. The molecule has 0 unspecified atom stereocenters. The highest BCUT2D eigenvalue weighted by Gasteiger charge is 2.51. The zero-order valence-corrected chi connectivity index (χ0v) is 33.4. The largest absolute Gasteiger partial charge is 0.299 e. The lowest BCUT2D eigenvalue weighted by Gasteiger charge is -2.30. The van der Waals surface area contributed by atoms with Crippen molar-refractivity contribution in [2.45, 2.75) is 5.41 Å². The van der Waals surface area contributed by atoms with Crippen LogP contribution in [0.2, 0.25) is 0 Å². The third-order valence-corrected chi connectivity index (χ3v) is 12.9. The van der Waals surface area contributed by atoms with Crippen molar-refractivity contribution in [2.75, 3.05) is 0 Å². The van der Waals surface area contributed by atoms with Crippen LogP contribution in [0.4, 0.5) is 0 Å². The highest BCUT2D eigenvalue weighted by atomic mass is 15.0. The summed E-state index contributed by atoms with van der Waals surface area (Å²) < 4.78 is 2.17. The Morgan fingerprint density at radius 3 is 1.61 bits per heavy atom. The lowest BCUT2D eigenvalue weighted by Crippen LogP contribution is -2.25. The summed E-state index contributed by atoms with van der Waals surface area (Å²) >= 11 is 0. The van der Waals surface area contributed by atoms with Gasteiger partial charge in [0.25, 0.3) is 0 Å². The quantitative estimate of drug-likeness (QED) is 0.174. The van der Waals surface area contributed by atoms with Gasteiger partial charge in [0.15, 0.2) is 17.5 Å². The van der Waals surface area contributed by atoms with Gasteiger partial charge in [-0.1, -0.05) is 182 Å². The molecule has 0 radical (unpaired) electrons. The molecule has 8 aromatic carbocycles. The number of rotatable bonds is 5. The van der Waals surface area contributed by atoms with Gasteiger partial charge in [0.1, 0.15) is 5.65 Å². The molecule has 0 saturated carbocycles. The van der Waals surface area contributed by atoms with Crippen molar-refractivity contribution >= 4 is 16.4 Å². The molecular weight excluding hydrogens is 755 g/mol. The molecule has 3 aromatic heterocycles. The van der Waals surface area contributed by atoms with E-state index in [0.717, 1.165) is 55.6 Å². The predicted molar refractivity (Wildman–Crippen MR) is 250 cm³/mol. The number of nitrogens with zero attached hydrogens (tertiary/aromatic N) is 5. The van der Waals surface area contributed by atoms with E-state index in [4.69, 9.17) is 19.9 Å². The summed E-state index contributed by atoms with van der Waals surface area (Å²) in [5.41, 5.74) is 17.4. The summed E-state index contributed by atoms with van der Waals surface area (Å²) in [6, 6.07) is 73.4. The van der Waals surface area contributed by atoms with Gasteiger partial charge >= 0.3 is 0 Å². The van der Waals surface area contributed by atoms with Gasteiger partial charge in [-0.25, -0.2) is 19.9 Å². The number of fused-ring (bicyclic) bond motifs is 12. The second kappa shape index (κ2) is 13.4. The Morgan fingerprint density at radius 2 is 0.871 bits per heavy atom. The van der Waals surface area contributed by atoms with E-state index >= 15 is 0 Å². The maximum absolute atomic E-state index is 5.38. The molecule has 1 spiro atoms. The van der Waals surface area contributed by atoms with E-state index in [1.54, 1.807) is 0 Å². The Hall–Kier alpha value is -8.28. The molecule has 2 aliphatic carbocycles. The molecule has 0 fully saturated rings. The van der Waals surface area contributed by atoms with Crippen LogP contribution >= 0.6 is 0 Å². The van der Waals surface area contributed by atoms with E-state index in [1.165, 1.54) is 44.5 Å². The second-order valence-electron chi connectivity index (χ2n) is 16.2. The molecule has 0 aliphatic heterocycles. The van der Waals surface area contributed by atoms with E-state index < -0.39 is 5.41 Å². The monoisotopic (exact) mass is 789 g/mol. The molecule has 11 aromatic rings. The number of aromatic nitrogens is 5. The molecule has 0 atom stereocenters. The van der Waals surface area contributed by atoms with Crippen molar-refractivity contribution in [3.05, 3.63) is 235 Å². The SMILES string of the molecule is c1ccc(-c2nc3ccccn3c2-c2cccc(-c3nc(-c4ccc5c(c4)C4(c6ccccc6-c6ccccc64)c4ccccc4-5)nc(-c4cccc5ccccc45)n3)c2)cc1. The van der Waals surface area contributed by atoms with Gasteiger partial charge in [-0.05, 0) is 79.5 Å².